The molecule has 0 aliphatic carbocycles. The molecule has 0 aromatic rings. The normalized spacial score (nSPS) is 12.7. The molecule has 0 rings (SSSR count). The van der Waals surface area contributed by atoms with E-state index >= 15 is 0 Å². The number of allylic oxidation sites excluding steroid dienone is 14. The minimum atomic E-state index is -0.807. The highest BCUT2D eigenvalue weighted by molar-refractivity contribution is 5.71. The van der Waals surface area contributed by atoms with E-state index in [2.05, 4.69) is 106 Å². The van der Waals surface area contributed by atoms with E-state index in [-0.39, 0.29) is 37.5 Å². The molecular weight excluding hydrogens is 817 g/mol. The van der Waals surface area contributed by atoms with Crippen LogP contribution in [0.25, 0.3) is 0 Å². The van der Waals surface area contributed by atoms with E-state index in [0.717, 1.165) is 89.9 Å². The van der Waals surface area contributed by atoms with Crippen LogP contribution in [0.15, 0.2) is 85.1 Å². The molecule has 0 fully saturated rings. The first-order valence-electron chi connectivity index (χ1n) is 27.6. The maximum atomic E-state index is 12.8. The Balaban J connectivity index is 4.49. The van der Waals surface area contributed by atoms with Gasteiger partial charge in [0.2, 0.25) is 0 Å². The van der Waals surface area contributed by atoms with Crippen LogP contribution in [0.4, 0.5) is 0 Å². The van der Waals surface area contributed by atoms with Gasteiger partial charge in [-0.15, -0.1) is 0 Å². The van der Waals surface area contributed by atoms with Gasteiger partial charge in [0.15, 0.2) is 6.10 Å². The van der Waals surface area contributed by atoms with E-state index in [0.29, 0.717) is 19.3 Å². The van der Waals surface area contributed by atoms with Crippen LogP contribution in [-0.2, 0) is 28.6 Å². The van der Waals surface area contributed by atoms with Crippen LogP contribution in [0.3, 0.4) is 0 Å². The highest BCUT2D eigenvalue weighted by atomic mass is 16.6. The van der Waals surface area contributed by atoms with Crippen molar-refractivity contribution in [1.29, 1.82) is 0 Å². The number of esters is 3. The molecule has 1 atom stereocenters. The first kappa shape index (κ1) is 62.6. The Morgan fingerprint density at radius 1 is 0.303 bits per heavy atom. The summed E-state index contributed by atoms with van der Waals surface area (Å²) in [5.41, 5.74) is 0. The minimum absolute atomic E-state index is 0.103. The Kier molecular flexibility index (Phi) is 51.4. The fourth-order valence-electron chi connectivity index (χ4n) is 7.39. The van der Waals surface area contributed by atoms with Crippen molar-refractivity contribution in [3.63, 3.8) is 0 Å². The molecule has 0 unspecified atom stereocenters. The molecule has 6 heteroatoms. The van der Waals surface area contributed by atoms with Gasteiger partial charge in [0, 0.05) is 19.3 Å². The fraction of sp³-hybridized carbons (Fsp3) is 0.717. The quantitative estimate of drug-likeness (QED) is 0.0262. The molecule has 378 valence electrons. The SMILES string of the molecule is CCCC/C=C\C/C=C\CCCCCCCC(=O)OC[C@H](COC(=O)CCC/C=C\C/C=C\C/C=C\C/C=C\CCCCC)OC(=O)CCCCCCCCC/C=C\CCCCCCCC. The molecule has 0 aliphatic rings. The van der Waals surface area contributed by atoms with Gasteiger partial charge in [0.1, 0.15) is 13.2 Å². The molecule has 0 saturated carbocycles. The number of rotatable bonds is 49. The number of hydrogen-bond acceptors (Lipinski definition) is 6. The Morgan fingerprint density at radius 2 is 0.576 bits per heavy atom. The van der Waals surface area contributed by atoms with Crippen LogP contribution >= 0.6 is 0 Å². The van der Waals surface area contributed by atoms with Gasteiger partial charge in [0.25, 0.3) is 0 Å². The molecule has 0 aliphatic heterocycles. The lowest BCUT2D eigenvalue weighted by Gasteiger charge is -2.18. The predicted molar refractivity (Wildman–Crippen MR) is 284 cm³/mol. The van der Waals surface area contributed by atoms with Crippen LogP contribution in [0, 0.1) is 0 Å². The predicted octanol–water partition coefficient (Wildman–Crippen LogP) is 18.4. The van der Waals surface area contributed by atoms with Crippen LogP contribution in [0.5, 0.6) is 0 Å². The van der Waals surface area contributed by atoms with Crippen LogP contribution in [0.2, 0.25) is 0 Å². The van der Waals surface area contributed by atoms with Gasteiger partial charge >= 0.3 is 17.9 Å². The number of carbonyl (C=O) groups is 3. The lowest BCUT2D eigenvalue weighted by atomic mass is 10.1. The van der Waals surface area contributed by atoms with E-state index in [1.807, 2.05) is 0 Å². The molecule has 66 heavy (non-hydrogen) atoms. The average molecular weight is 919 g/mol. The third-order valence-corrected chi connectivity index (χ3v) is 11.6. The first-order valence-corrected chi connectivity index (χ1v) is 27.6. The lowest BCUT2D eigenvalue weighted by molar-refractivity contribution is -0.167. The monoisotopic (exact) mass is 919 g/mol. The van der Waals surface area contributed by atoms with E-state index in [1.165, 1.54) is 122 Å². The first-order chi connectivity index (χ1) is 32.5. The molecule has 0 heterocycles. The zero-order valence-electron chi connectivity index (χ0n) is 43.2. The van der Waals surface area contributed by atoms with Gasteiger partial charge in [-0.25, -0.2) is 0 Å². The lowest BCUT2D eigenvalue weighted by Crippen LogP contribution is -2.30. The zero-order valence-corrected chi connectivity index (χ0v) is 43.2. The molecule has 0 amide bonds. The Bertz CT molecular complexity index is 1290. The second-order valence-electron chi connectivity index (χ2n) is 18.1. The molecule has 0 radical (unpaired) electrons. The summed E-state index contributed by atoms with van der Waals surface area (Å²) in [5, 5.41) is 0. The van der Waals surface area contributed by atoms with Gasteiger partial charge < -0.3 is 14.2 Å². The molecule has 0 spiro atoms. The Hall–Kier alpha value is -3.41. The summed E-state index contributed by atoms with van der Waals surface area (Å²) in [6.07, 6.45) is 70.0. The number of hydrogen-bond donors (Lipinski definition) is 0. The van der Waals surface area contributed by atoms with Gasteiger partial charge in [0.05, 0.1) is 0 Å². The number of carbonyl (C=O) groups excluding carboxylic acids is 3. The van der Waals surface area contributed by atoms with Crippen molar-refractivity contribution in [2.75, 3.05) is 13.2 Å². The fourth-order valence-corrected chi connectivity index (χ4v) is 7.39. The van der Waals surface area contributed by atoms with Gasteiger partial charge in [-0.1, -0.05) is 215 Å². The van der Waals surface area contributed by atoms with E-state index in [4.69, 9.17) is 14.2 Å². The summed E-state index contributed by atoms with van der Waals surface area (Å²) in [6.45, 7) is 6.51. The third-order valence-electron chi connectivity index (χ3n) is 11.6. The standard InChI is InChI=1S/C60H102O6/c1-4-7-10-13-16-19-22-25-28-30-32-35-38-41-44-47-50-53-59(62)65-56-57(55-64-58(61)52-49-46-43-40-37-34-27-24-21-18-15-12-9-6-3)66-60(63)54-51-48-45-42-39-36-33-31-29-26-23-20-17-14-11-8-5-2/h15-16,18-19,24-29,32,35,41,44,57H,4-14,17,20-23,30-31,33-34,36-40,42-43,45-56H2,1-3H3/b18-15-,19-16-,27-24-,28-25-,29-26-,35-32-,44-41-/t57-/m1/s1. The summed E-state index contributed by atoms with van der Waals surface area (Å²) < 4.78 is 16.8. The molecule has 0 bridgehead atoms. The van der Waals surface area contributed by atoms with Crippen molar-refractivity contribution < 1.29 is 28.6 Å². The Morgan fingerprint density at radius 3 is 1.00 bits per heavy atom. The van der Waals surface area contributed by atoms with E-state index < -0.39 is 6.10 Å². The molecule has 6 nitrogen and oxygen atoms in total. The zero-order chi connectivity index (χ0) is 47.9. The summed E-state index contributed by atoms with van der Waals surface area (Å²) >= 11 is 0. The largest absolute Gasteiger partial charge is 0.462 e. The van der Waals surface area contributed by atoms with Crippen molar-refractivity contribution in [1.82, 2.24) is 0 Å². The third kappa shape index (κ3) is 51.6. The van der Waals surface area contributed by atoms with Crippen molar-refractivity contribution in [2.24, 2.45) is 0 Å². The number of ether oxygens (including phenoxy) is 3. The van der Waals surface area contributed by atoms with Crippen molar-refractivity contribution in [3.8, 4) is 0 Å². The highest BCUT2D eigenvalue weighted by Crippen LogP contribution is 2.14. The second kappa shape index (κ2) is 54.2. The van der Waals surface area contributed by atoms with Gasteiger partial charge in [-0.05, 0) is 109 Å². The maximum absolute atomic E-state index is 12.8. The summed E-state index contributed by atoms with van der Waals surface area (Å²) in [4.78, 5) is 38.1. The topological polar surface area (TPSA) is 78.9 Å². The minimum Gasteiger partial charge on any atom is -0.462 e. The van der Waals surface area contributed by atoms with Crippen LogP contribution in [0.1, 0.15) is 258 Å². The smallest absolute Gasteiger partial charge is 0.306 e. The molecule has 0 aromatic heterocycles. The molecular formula is C60H102O6. The van der Waals surface area contributed by atoms with Crippen LogP contribution in [-0.4, -0.2) is 37.2 Å². The van der Waals surface area contributed by atoms with Gasteiger partial charge in [-0.3, -0.25) is 14.4 Å². The highest BCUT2D eigenvalue weighted by Gasteiger charge is 2.19. The van der Waals surface area contributed by atoms with Crippen molar-refractivity contribution >= 4 is 17.9 Å². The summed E-state index contributed by atoms with van der Waals surface area (Å²) in [7, 11) is 0. The van der Waals surface area contributed by atoms with Crippen LogP contribution < -0.4 is 0 Å². The van der Waals surface area contributed by atoms with Crippen molar-refractivity contribution in [2.45, 2.75) is 264 Å². The maximum Gasteiger partial charge on any atom is 0.306 e. The summed E-state index contributed by atoms with van der Waals surface area (Å²) in [5.74, 6) is -0.976. The molecule has 0 N–H and O–H groups in total. The molecule has 0 aromatic carbocycles. The average Bonchev–Trinajstić information content (AvgIpc) is 3.31. The van der Waals surface area contributed by atoms with Gasteiger partial charge in [-0.2, -0.15) is 0 Å². The Labute approximate surface area is 407 Å². The second-order valence-corrected chi connectivity index (χ2v) is 18.1. The van der Waals surface area contributed by atoms with E-state index in [1.54, 1.807) is 0 Å². The molecule has 0 saturated heterocycles. The number of unbranched alkanes of at least 4 members (excludes halogenated alkanes) is 24. The summed E-state index contributed by atoms with van der Waals surface area (Å²) in [6, 6.07) is 0. The van der Waals surface area contributed by atoms with Crippen molar-refractivity contribution in [3.05, 3.63) is 85.1 Å². The van der Waals surface area contributed by atoms with E-state index in [9.17, 15) is 14.4 Å².